The molecule has 0 saturated heterocycles. The molecule has 0 radical (unpaired) electrons. The van der Waals surface area contributed by atoms with Gasteiger partial charge in [-0.25, -0.2) is 0 Å². The predicted molar refractivity (Wildman–Crippen MR) is 91.6 cm³/mol. The van der Waals surface area contributed by atoms with E-state index < -0.39 is 6.61 Å². The fraction of sp³-hybridized carbons (Fsp3) is 0.167. The van der Waals surface area contributed by atoms with E-state index in [0.29, 0.717) is 22.4 Å². The zero-order chi connectivity index (χ0) is 18.0. The highest BCUT2D eigenvalue weighted by molar-refractivity contribution is 9.10. The minimum atomic E-state index is -2.97. The summed E-state index contributed by atoms with van der Waals surface area (Å²) in [6.07, 6.45) is 1.59. The minimum Gasteiger partial charge on any atom is -0.493 e. The average Bonchev–Trinajstić information content (AvgIpc) is 2.58. The molecule has 130 valence electrons. The van der Waals surface area contributed by atoms with Crippen molar-refractivity contribution in [2.24, 2.45) is 0 Å². The van der Waals surface area contributed by atoms with E-state index in [4.69, 9.17) is 9.47 Å². The standard InChI is InChI=1S/C18H13BrF2O4/c1-23-15-4-2-10(7-16(15)25-18(20)21)6-11-9-24-14-5-3-12(19)8-13(14)17(11)22/h2-8,18H,9H2,1H3. The molecule has 1 aliphatic rings. The number of methoxy groups -OCH3 is 1. The first-order valence-electron chi connectivity index (χ1n) is 7.28. The minimum absolute atomic E-state index is 0.0980. The summed E-state index contributed by atoms with van der Waals surface area (Å²) in [4.78, 5) is 12.6. The molecule has 0 N–H and O–H groups in total. The highest BCUT2D eigenvalue weighted by Crippen LogP contribution is 2.33. The molecule has 0 spiro atoms. The lowest BCUT2D eigenvalue weighted by molar-refractivity contribution is -0.0512. The second kappa shape index (κ2) is 7.23. The van der Waals surface area contributed by atoms with Crippen molar-refractivity contribution in [2.45, 2.75) is 6.61 Å². The van der Waals surface area contributed by atoms with E-state index in [0.717, 1.165) is 4.47 Å². The van der Waals surface area contributed by atoms with E-state index in [9.17, 15) is 13.6 Å². The van der Waals surface area contributed by atoms with Crippen molar-refractivity contribution in [1.82, 2.24) is 0 Å². The van der Waals surface area contributed by atoms with Crippen LogP contribution in [0.4, 0.5) is 8.78 Å². The van der Waals surface area contributed by atoms with Crippen LogP contribution in [-0.2, 0) is 0 Å². The third kappa shape index (κ3) is 3.82. The lowest BCUT2D eigenvalue weighted by Gasteiger charge is -2.19. The zero-order valence-corrected chi connectivity index (χ0v) is 14.7. The van der Waals surface area contributed by atoms with Gasteiger partial charge in [-0.2, -0.15) is 8.78 Å². The molecular formula is C18H13BrF2O4. The second-order valence-corrected chi connectivity index (χ2v) is 6.13. The van der Waals surface area contributed by atoms with Crippen molar-refractivity contribution in [3.05, 3.63) is 57.6 Å². The monoisotopic (exact) mass is 410 g/mol. The smallest absolute Gasteiger partial charge is 0.387 e. The van der Waals surface area contributed by atoms with Crippen LogP contribution in [0.15, 0.2) is 46.4 Å². The molecule has 0 aromatic heterocycles. The first-order valence-corrected chi connectivity index (χ1v) is 8.07. The summed E-state index contributed by atoms with van der Waals surface area (Å²) in [7, 11) is 1.36. The van der Waals surface area contributed by atoms with Crippen molar-refractivity contribution in [3.63, 3.8) is 0 Å². The number of ketones is 1. The predicted octanol–water partition coefficient (Wildman–Crippen LogP) is 4.72. The van der Waals surface area contributed by atoms with Crippen molar-refractivity contribution >= 4 is 27.8 Å². The van der Waals surface area contributed by atoms with Crippen molar-refractivity contribution in [1.29, 1.82) is 0 Å². The number of alkyl halides is 2. The van der Waals surface area contributed by atoms with Crippen LogP contribution in [0.3, 0.4) is 0 Å². The highest BCUT2D eigenvalue weighted by Gasteiger charge is 2.23. The van der Waals surface area contributed by atoms with Crippen LogP contribution in [0.2, 0.25) is 0 Å². The number of fused-ring (bicyclic) bond motifs is 1. The van der Waals surface area contributed by atoms with Crippen LogP contribution in [0, 0.1) is 0 Å². The molecular weight excluding hydrogens is 398 g/mol. The van der Waals surface area contributed by atoms with Gasteiger partial charge in [0.05, 0.1) is 12.7 Å². The van der Waals surface area contributed by atoms with E-state index in [1.54, 1.807) is 30.3 Å². The molecule has 0 fully saturated rings. The Morgan fingerprint density at radius 2 is 2.00 bits per heavy atom. The number of rotatable bonds is 4. The van der Waals surface area contributed by atoms with Crippen LogP contribution in [0.25, 0.3) is 6.08 Å². The molecule has 1 aliphatic heterocycles. The normalized spacial score (nSPS) is 15.1. The fourth-order valence-electron chi connectivity index (χ4n) is 2.48. The molecule has 4 nitrogen and oxygen atoms in total. The van der Waals surface area contributed by atoms with Gasteiger partial charge in [-0.1, -0.05) is 22.0 Å². The molecule has 0 aliphatic carbocycles. The van der Waals surface area contributed by atoms with Crippen molar-refractivity contribution in [2.75, 3.05) is 13.7 Å². The quantitative estimate of drug-likeness (QED) is 0.684. The third-order valence-corrected chi connectivity index (χ3v) is 4.10. The summed E-state index contributed by atoms with van der Waals surface area (Å²) in [5.41, 5.74) is 1.39. The van der Waals surface area contributed by atoms with Crippen LogP contribution in [0.5, 0.6) is 17.2 Å². The fourth-order valence-corrected chi connectivity index (χ4v) is 2.84. The van der Waals surface area contributed by atoms with Gasteiger partial charge in [-0.3, -0.25) is 4.79 Å². The number of ether oxygens (including phenoxy) is 3. The maximum atomic E-state index is 12.6. The molecule has 0 amide bonds. The Morgan fingerprint density at radius 3 is 2.72 bits per heavy atom. The van der Waals surface area contributed by atoms with Gasteiger partial charge in [0.1, 0.15) is 12.4 Å². The Labute approximate surface area is 151 Å². The van der Waals surface area contributed by atoms with Gasteiger partial charge in [0.2, 0.25) is 0 Å². The molecule has 0 bridgehead atoms. The van der Waals surface area contributed by atoms with Gasteiger partial charge in [0.25, 0.3) is 0 Å². The second-order valence-electron chi connectivity index (χ2n) is 5.22. The van der Waals surface area contributed by atoms with Crippen LogP contribution in [-0.4, -0.2) is 26.1 Å². The third-order valence-electron chi connectivity index (χ3n) is 3.61. The lowest BCUT2D eigenvalue weighted by Crippen LogP contribution is -2.19. The molecule has 1 heterocycles. The van der Waals surface area contributed by atoms with Gasteiger partial charge in [0, 0.05) is 10.0 Å². The van der Waals surface area contributed by atoms with E-state index in [1.165, 1.54) is 19.2 Å². The first kappa shape index (κ1) is 17.4. The number of Topliss-reactive ketones (excluding diaryl/α,β-unsaturated/α-hetero) is 1. The van der Waals surface area contributed by atoms with Crippen LogP contribution >= 0.6 is 15.9 Å². The summed E-state index contributed by atoms with van der Waals surface area (Å²) in [6, 6.07) is 9.73. The Morgan fingerprint density at radius 1 is 1.20 bits per heavy atom. The number of hydrogen-bond acceptors (Lipinski definition) is 4. The zero-order valence-electron chi connectivity index (χ0n) is 13.1. The summed E-state index contributed by atoms with van der Waals surface area (Å²) in [5.74, 6) is 0.429. The molecule has 0 atom stereocenters. The van der Waals surface area contributed by atoms with Crippen LogP contribution < -0.4 is 14.2 Å². The Kier molecular flexibility index (Phi) is 5.03. The van der Waals surface area contributed by atoms with Crippen molar-refractivity contribution in [3.8, 4) is 17.2 Å². The summed E-state index contributed by atoms with van der Waals surface area (Å²) in [5, 5.41) is 0. The lowest BCUT2D eigenvalue weighted by atomic mass is 9.98. The van der Waals surface area contributed by atoms with E-state index in [-0.39, 0.29) is 23.9 Å². The average molecular weight is 411 g/mol. The summed E-state index contributed by atoms with van der Waals surface area (Å²) in [6.45, 7) is -2.87. The molecule has 25 heavy (non-hydrogen) atoms. The van der Waals surface area contributed by atoms with Gasteiger partial charge in [0.15, 0.2) is 17.3 Å². The number of halogens is 3. The molecule has 2 aromatic carbocycles. The van der Waals surface area contributed by atoms with Gasteiger partial charge in [-0.15, -0.1) is 0 Å². The van der Waals surface area contributed by atoms with Gasteiger partial charge in [-0.05, 0) is 42.0 Å². The SMILES string of the molecule is COc1ccc(C=C2COc3ccc(Br)cc3C2=O)cc1OC(F)F. The van der Waals surface area contributed by atoms with Crippen LogP contribution in [0.1, 0.15) is 15.9 Å². The van der Waals surface area contributed by atoms with Crippen molar-refractivity contribution < 1.29 is 27.8 Å². The Balaban J connectivity index is 1.94. The molecule has 0 saturated carbocycles. The molecule has 3 rings (SSSR count). The molecule has 7 heteroatoms. The number of hydrogen-bond donors (Lipinski definition) is 0. The molecule has 2 aromatic rings. The van der Waals surface area contributed by atoms with E-state index in [2.05, 4.69) is 20.7 Å². The summed E-state index contributed by atoms with van der Waals surface area (Å²) < 4.78 is 40.8. The van der Waals surface area contributed by atoms with E-state index in [1.807, 2.05) is 0 Å². The van der Waals surface area contributed by atoms with Gasteiger partial charge >= 0.3 is 6.61 Å². The number of carbonyl (C=O) groups excluding carboxylic acids is 1. The number of benzene rings is 2. The Bertz CT molecular complexity index is 849. The first-order chi connectivity index (χ1) is 12.0. The summed E-state index contributed by atoms with van der Waals surface area (Å²) >= 11 is 3.32. The largest absolute Gasteiger partial charge is 0.493 e. The highest BCUT2D eigenvalue weighted by atomic mass is 79.9. The topological polar surface area (TPSA) is 44.8 Å². The molecule has 0 unspecified atom stereocenters. The number of carbonyl (C=O) groups is 1. The van der Waals surface area contributed by atoms with Gasteiger partial charge < -0.3 is 14.2 Å². The maximum absolute atomic E-state index is 12.6. The maximum Gasteiger partial charge on any atom is 0.387 e. The van der Waals surface area contributed by atoms with E-state index >= 15 is 0 Å². The Hall–Kier alpha value is -2.41.